The Morgan fingerprint density at radius 2 is 1.84 bits per heavy atom. The van der Waals surface area contributed by atoms with Crippen LogP contribution in [0.25, 0.3) is 0 Å². The highest BCUT2D eigenvalue weighted by Crippen LogP contribution is 2.35. The lowest BCUT2D eigenvalue weighted by molar-refractivity contribution is -0.128. The number of sulfonamides is 1. The van der Waals surface area contributed by atoms with Crippen molar-refractivity contribution in [3.63, 3.8) is 0 Å². The topological polar surface area (TPSA) is 114 Å². The summed E-state index contributed by atoms with van der Waals surface area (Å²) in [5.41, 5.74) is 0.261. The van der Waals surface area contributed by atoms with E-state index in [-0.39, 0.29) is 30.3 Å². The van der Waals surface area contributed by atoms with E-state index in [1.54, 1.807) is 0 Å². The van der Waals surface area contributed by atoms with E-state index in [4.69, 9.17) is 14.2 Å². The lowest BCUT2D eigenvalue weighted by Gasteiger charge is -2.30. The predicted octanol–water partition coefficient (Wildman–Crippen LogP) is 0.712. The number of amides is 2. The Hall–Kier alpha value is -2.21. The van der Waals surface area contributed by atoms with Gasteiger partial charge in [0.1, 0.15) is 12.3 Å². The van der Waals surface area contributed by atoms with Crippen LogP contribution in [0.2, 0.25) is 0 Å². The fourth-order valence-corrected chi connectivity index (χ4v) is 5.14. The molecule has 0 saturated carbocycles. The number of hydrogen-bond acceptors (Lipinski definition) is 7. The molecule has 2 amide bonds. The molecule has 1 saturated heterocycles. The minimum atomic E-state index is -3.71. The van der Waals surface area contributed by atoms with Crippen molar-refractivity contribution in [1.29, 1.82) is 0 Å². The number of rotatable bonds is 8. The molecule has 0 aliphatic carbocycles. The van der Waals surface area contributed by atoms with Crippen LogP contribution < -0.4 is 15.0 Å². The maximum atomic E-state index is 13.2. The van der Waals surface area contributed by atoms with E-state index >= 15 is 0 Å². The second-order valence-electron chi connectivity index (χ2n) is 7.42. The molecule has 2 heterocycles. The summed E-state index contributed by atoms with van der Waals surface area (Å²) in [5, 5.41) is 2.64. The van der Waals surface area contributed by atoms with E-state index < -0.39 is 28.1 Å². The van der Waals surface area contributed by atoms with E-state index in [2.05, 4.69) is 5.32 Å². The zero-order valence-corrected chi connectivity index (χ0v) is 18.7. The summed E-state index contributed by atoms with van der Waals surface area (Å²) in [4.78, 5) is 26.2. The third kappa shape index (κ3) is 5.53. The molecule has 1 aromatic carbocycles. The Morgan fingerprint density at radius 1 is 1.16 bits per heavy atom. The SMILES string of the molecule is COC(CNC(=O)CN1C(=O)COc2ccc(S(=O)(=O)N3CCCCCC3)cc21)OC. The Kier molecular flexibility index (Phi) is 7.87. The molecule has 3 rings (SSSR count). The largest absolute Gasteiger partial charge is 0.482 e. The molecule has 10 nitrogen and oxygen atoms in total. The van der Waals surface area contributed by atoms with Crippen molar-refractivity contribution < 1.29 is 32.2 Å². The number of ether oxygens (including phenoxy) is 3. The van der Waals surface area contributed by atoms with Crippen LogP contribution in [0.15, 0.2) is 23.1 Å². The standard InChI is InChI=1S/C20H29N3O7S/c1-28-20(29-2)12-21-18(24)13-23-16-11-15(7-8-17(16)30-14-19(23)25)31(26,27)22-9-5-3-4-6-10-22/h7-8,11,20H,3-6,9-10,12-14H2,1-2H3,(H,21,24). The molecule has 0 radical (unpaired) electrons. The molecule has 2 aliphatic rings. The summed E-state index contributed by atoms with van der Waals surface area (Å²) in [6.07, 6.45) is 3.05. The maximum absolute atomic E-state index is 13.2. The van der Waals surface area contributed by atoms with Gasteiger partial charge in [-0.05, 0) is 31.0 Å². The van der Waals surface area contributed by atoms with Crippen LogP contribution in [-0.4, -0.2) is 77.8 Å². The van der Waals surface area contributed by atoms with E-state index in [1.165, 1.54) is 41.6 Å². The van der Waals surface area contributed by atoms with E-state index in [0.29, 0.717) is 18.8 Å². The fourth-order valence-electron chi connectivity index (χ4n) is 3.61. The molecule has 1 aromatic rings. The number of fused-ring (bicyclic) bond motifs is 1. The molecule has 31 heavy (non-hydrogen) atoms. The third-order valence-electron chi connectivity index (χ3n) is 5.37. The van der Waals surface area contributed by atoms with Crippen molar-refractivity contribution in [3.8, 4) is 5.75 Å². The van der Waals surface area contributed by atoms with Gasteiger partial charge in [0.15, 0.2) is 12.9 Å². The maximum Gasteiger partial charge on any atom is 0.265 e. The van der Waals surface area contributed by atoms with Crippen LogP contribution >= 0.6 is 0 Å². The Balaban J connectivity index is 1.81. The molecule has 0 bridgehead atoms. The average Bonchev–Trinajstić information content (AvgIpc) is 3.06. The van der Waals surface area contributed by atoms with Gasteiger partial charge in [-0.3, -0.25) is 14.5 Å². The van der Waals surface area contributed by atoms with Gasteiger partial charge >= 0.3 is 0 Å². The van der Waals surface area contributed by atoms with Crippen LogP contribution in [0.4, 0.5) is 5.69 Å². The summed E-state index contributed by atoms with van der Waals surface area (Å²) in [5.74, 6) is -0.503. The van der Waals surface area contributed by atoms with Gasteiger partial charge in [-0.2, -0.15) is 4.31 Å². The highest BCUT2D eigenvalue weighted by molar-refractivity contribution is 7.89. The Morgan fingerprint density at radius 3 is 2.48 bits per heavy atom. The molecular formula is C20H29N3O7S. The van der Waals surface area contributed by atoms with E-state index in [9.17, 15) is 18.0 Å². The molecule has 0 unspecified atom stereocenters. The highest BCUT2D eigenvalue weighted by atomic mass is 32.2. The first-order valence-electron chi connectivity index (χ1n) is 10.3. The number of methoxy groups -OCH3 is 2. The van der Waals surface area contributed by atoms with Crippen molar-refractivity contribution in [2.45, 2.75) is 36.9 Å². The predicted molar refractivity (Wildman–Crippen MR) is 112 cm³/mol. The number of carbonyl (C=O) groups is 2. The fraction of sp³-hybridized carbons (Fsp3) is 0.600. The molecule has 2 aliphatic heterocycles. The molecule has 1 fully saturated rings. The molecule has 11 heteroatoms. The second kappa shape index (κ2) is 10.4. The van der Waals surface area contributed by atoms with Gasteiger partial charge in [0.25, 0.3) is 5.91 Å². The molecule has 172 valence electrons. The Bertz CT molecular complexity index is 894. The van der Waals surface area contributed by atoms with E-state index in [0.717, 1.165) is 25.7 Å². The third-order valence-corrected chi connectivity index (χ3v) is 7.26. The zero-order chi connectivity index (χ0) is 22.4. The second-order valence-corrected chi connectivity index (χ2v) is 9.36. The van der Waals surface area contributed by atoms with Crippen LogP contribution in [-0.2, 0) is 29.1 Å². The lowest BCUT2D eigenvalue weighted by atomic mass is 10.2. The Labute approximate surface area is 182 Å². The minimum Gasteiger partial charge on any atom is -0.482 e. The van der Waals surface area contributed by atoms with Crippen LogP contribution in [0.5, 0.6) is 5.75 Å². The van der Waals surface area contributed by atoms with Gasteiger partial charge < -0.3 is 19.5 Å². The van der Waals surface area contributed by atoms with E-state index in [1.807, 2.05) is 0 Å². The normalized spacial score (nSPS) is 17.8. The molecule has 0 atom stereocenters. The molecule has 0 spiro atoms. The number of carbonyl (C=O) groups excluding carboxylic acids is 2. The first-order chi connectivity index (χ1) is 14.9. The number of benzene rings is 1. The number of hydrogen-bond donors (Lipinski definition) is 1. The van der Waals surface area contributed by atoms with Crippen molar-refractivity contribution >= 4 is 27.5 Å². The summed E-state index contributed by atoms with van der Waals surface area (Å²) in [6.45, 7) is 0.558. The smallest absolute Gasteiger partial charge is 0.265 e. The molecule has 0 aromatic heterocycles. The summed E-state index contributed by atoms with van der Waals surface area (Å²) in [6, 6.07) is 4.42. The summed E-state index contributed by atoms with van der Waals surface area (Å²) in [7, 11) is -0.805. The van der Waals surface area contributed by atoms with Crippen molar-refractivity contribution in [2.75, 3.05) is 51.9 Å². The van der Waals surface area contributed by atoms with Crippen molar-refractivity contribution in [3.05, 3.63) is 18.2 Å². The minimum absolute atomic E-state index is 0.0793. The molecular weight excluding hydrogens is 426 g/mol. The quantitative estimate of drug-likeness (QED) is 0.574. The zero-order valence-electron chi connectivity index (χ0n) is 17.8. The summed E-state index contributed by atoms with van der Waals surface area (Å²) < 4.78 is 43.3. The van der Waals surface area contributed by atoms with Gasteiger partial charge in [0.2, 0.25) is 15.9 Å². The first-order valence-corrected chi connectivity index (χ1v) is 11.7. The summed E-state index contributed by atoms with van der Waals surface area (Å²) >= 11 is 0. The lowest BCUT2D eigenvalue weighted by Crippen LogP contribution is -2.46. The van der Waals surface area contributed by atoms with Crippen LogP contribution in [0.1, 0.15) is 25.7 Å². The van der Waals surface area contributed by atoms with Crippen LogP contribution in [0.3, 0.4) is 0 Å². The van der Waals surface area contributed by atoms with Gasteiger partial charge in [-0.15, -0.1) is 0 Å². The number of anilines is 1. The van der Waals surface area contributed by atoms with Gasteiger partial charge in [-0.1, -0.05) is 12.8 Å². The monoisotopic (exact) mass is 455 g/mol. The van der Waals surface area contributed by atoms with Crippen LogP contribution in [0, 0.1) is 0 Å². The number of nitrogens with one attached hydrogen (secondary N) is 1. The van der Waals surface area contributed by atoms with Gasteiger partial charge in [-0.25, -0.2) is 8.42 Å². The molecule has 1 N–H and O–H groups in total. The van der Waals surface area contributed by atoms with Gasteiger partial charge in [0.05, 0.1) is 17.1 Å². The number of nitrogens with zero attached hydrogens (tertiary/aromatic N) is 2. The first kappa shape index (κ1) is 23.5. The average molecular weight is 456 g/mol. The van der Waals surface area contributed by atoms with Crippen molar-refractivity contribution in [1.82, 2.24) is 9.62 Å². The highest BCUT2D eigenvalue weighted by Gasteiger charge is 2.31. The van der Waals surface area contributed by atoms with Crippen molar-refractivity contribution in [2.24, 2.45) is 0 Å². The van der Waals surface area contributed by atoms with Gasteiger partial charge in [0, 0.05) is 27.3 Å².